The zero-order valence-corrected chi connectivity index (χ0v) is 7.50. The van der Waals surface area contributed by atoms with Crippen LogP contribution in [0.1, 0.15) is 13.8 Å². The number of hydrogen-bond acceptors (Lipinski definition) is 3. The molecule has 2 unspecified atom stereocenters. The van der Waals surface area contributed by atoms with Gasteiger partial charge in [0.1, 0.15) is 19.4 Å². The van der Waals surface area contributed by atoms with E-state index in [1.807, 2.05) is 6.92 Å². The van der Waals surface area contributed by atoms with Gasteiger partial charge in [-0.05, 0) is 12.7 Å². The van der Waals surface area contributed by atoms with Gasteiger partial charge in [-0.15, -0.1) is 0 Å². The first-order valence-electron chi connectivity index (χ1n) is 3.99. The number of allylic oxidation sites excluding steroid dienone is 3. The number of rotatable bonds is 0. The molecule has 3 nitrogen and oxygen atoms in total. The molecule has 0 aromatic heterocycles. The van der Waals surface area contributed by atoms with E-state index >= 15 is 0 Å². The first kappa shape index (κ1) is 9.04. The average molecular weight is 168 g/mol. The van der Waals surface area contributed by atoms with Gasteiger partial charge in [0.05, 0.1) is 0 Å². The zero-order chi connectivity index (χ0) is 9.46. The Morgan fingerprint density at radius 3 is 2.17 bits per heavy atom. The molecule has 0 heterocycles. The van der Waals surface area contributed by atoms with Crippen LogP contribution in [0.4, 0.5) is 0 Å². The van der Waals surface area contributed by atoms with Crippen LogP contribution in [-0.4, -0.2) is 23.2 Å². The molecule has 0 bridgehead atoms. The lowest BCUT2D eigenvalue weighted by Crippen LogP contribution is -2.19. The molecule has 3 N–H and O–H groups in total. The highest BCUT2D eigenvalue weighted by atomic mass is 16.3. The molecule has 0 amide bonds. The molecule has 0 radical (unpaired) electrons. The maximum Gasteiger partial charge on any atom is 0.158 e. The molecule has 1 aliphatic carbocycles. The Morgan fingerprint density at radius 2 is 1.67 bits per heavy atom. The third-order valence-corrected chi connectivity index (χ3v) is 2.59. The standard InChI is InChI=1S/C8H13BO3/c1-3-5(9)8(12)7(11)4(2)6(3)10/h3,5,10-12H,9H2,1-2H3. The van der Waals surface area contributed by atoms with Crippen molar-refractivity contribution < 1.29 is 15.3 Å². The Morgan fingerprint density at radius 1 is 1.17 bits per heavy atom. The van der Waals surface area contributed by atoms with Crippen LogP contribution in [0, 0.1) is 5.92 Å². The van der Waals surface area contributed by atoms with E-state index in [0.29, 0.717) is 5.57 Å². The zero-order valence-electron chi connectivity index (χ0n) is 7.50. The molecule has 0 spiro atoms. The van der Waals surface area contributed by atoms with Crippen LogP contribution in [0.15, 0.2) is 22.9 Å². The van der Waals surface area contributed by atoms with E-state index in [9.17, 15) is 15.3 Å². The summed E-state index contributed by atoms with van der Waals surface area (Å²) in [5.41, 5.74) is 0.373. The Kier molecular flexibility index (Phi) is 2.09. The van der Waals surface area contributed by atoms with Crippen LogP contribution in [0.2, 0.25) is 5.82 Å². The van der Waals surface area contributed by atoms with Crippen molar-refractivity contribution in [3.63, 3.8) is 0 Å². The second kappa shape index (κ2) is 2.77. The topological polar surface area (TPSA) is 60.7 Å². The molecule has 0 fully saturated rings. The van der Waals surface area contributed by atoms with Crippen molar-refractivity contribution >= 4 is 7.85 Å². The van der Waals surface area contributed by atoms with Crippen LogP contribution in [0.5, 0.6) is 0 Å². The summed E-state index contributed by atoms with van der Waals surface area (Å²) in [6.07, 6.45) is 0. The van der Waals surface area contributed by atoms with Gasteiger partial charge in [0.2, 0.25) is 0 Å². The van der Waals surface area contributed by atoms with Crippen molar-refractivity contribution in [3.8, 4) is 0 Å². The van der Waals surface area contributed by atoms with Gasteiger partial charge in [-0.2, -0.15) is 0 Å². The lowest BCUT2D eigenvalue weighted by Gasteiger charge is -2.26. The quantitative estimate of drug-likeness (QED) is 0.476. The molecule has 0 aromatic carbocycles. The molecule has 12 heavy (non-hydrogen) atoms. The van der Waals surface area contributed by atoms with Gasteiger partial charge < -0.3 is 15.3 Å². The lowest BCUT2D eigenvalue weighted by atomic mass is 9.71. The van der Waals surface area contributed by atoms with Crippen LogP contribution < -0.4 is 0 Å². The van der Waals surface area contributed by atoms with E-state index in [1.165, 1.54) is 0 Å². The summed E-state index contributed by atoms with van der Waals surface area (Å²) in [6.45, 7) is 3.40. The van der Waals surface area contributed by atoms with Gasteiger partial charge in [-0.3, -0.25) is 0 Å². The molecule has 0 aliphatic heterocycles. The molecule has 0 saturated heterocycles. The third-order valence-electron chi connectivity index (χ3n) is 2.59. The molecule has 0 aromatic rings. The Hall–Kier alpha value is -1.06. The highest BCUT2D eigenvalue weighted by molar-refractivity contribution is 6.14. The Bertz CT molecular complexity index is 239. The molecule has 0 saturated carbocycles. The van der Waals surface area contributed by atoms with E-state index in [1.54, 1.807) is 14.8 Å². The third kappa shape index (κ3) is 1.07. The fourth-order valence-electron chi connectivity index (χ4n) is 1.34. The van der Waals surface area contributed by atoms with Crippen LogP contribution in [0.3, 0.4) is 0 Å². The predicted molar refractivity (Wildman–Crippen MR) is 49.1 cm³/mol. The average Bonchev–Trinajstić information content (AvgIpc) is 2.08. The minimum Gasteiger partial charge on any atom is -0.512 e. The fourth-order valence-corrected chi connectivity index (χ4v) is 1.34. The first-order chi connectivity index (χ1) is 5.46. The summed E-state index contributed by atoms with van der Waals surface area (Å²) >= 11 is 0. The number of aliphatic hydroxyl groups is 3. The molecular weight excluding hydrogens is 155 g/mol. The van der Waals surface area contributed by atoms with Gasteiger partial charge in [0, 0.05) is 11.5 Å². The van der Waals surface area contributed by atoms with Crippen LogP contribution >= 0.6 is 0 Å². The molecule has 4 heteroatoms. The summed E-state index contributed by atoms with van der Waals surface area (Å²) < 4.78 is 0. The Balaban J connectivity index is 3.18. The van der Waals surface area contributed by atoms with E-state index in [2.05, 4.69) is 0 Å². The highest BCUT2D eigenvalue weighted by Crippen LogP contribution is 2.36. The molecule has 2 atom stereocenters. The Labute approximate surface area is 72.4 Å². The SMILES string of the molecule is BC1C(O)=C(O)C(C)=C(O)C1C. The molecular formula is C8H13BO3. The fraction of sp³-hybridized carbons (Fsp3) is 0.500. The van der Waals surface area contributed by atoms with E-state index in [-0.39, 0.29) is 29.0 Å². The second-order valence-electron chi connectivity index (χ2n) is 3.32. The second-order valence-corrected chi connectivity index (χ2v) is 3.32. The highest BCUT2D eigenvalue weighted by Gasteiger charge is 2.30. The van der Waals surface area contributed by atoms with Gasteiger partial charge in [0.15, 0.2) is 5.76 Å². The monoisotopic (exact) mass is 168 g/mol. The van der Waals surface area contributed by atoms with Crippen molar-refractivity contribution in [2.75, 3.05) is 0 Å². The lowest BCUT2D eigenvalue weighted by molar-refractivity contribution is 0.253. The summed E-state index contributed by atoms with van der Waals surface area (Å²) in [5, 5.41) is 28.2. The van der Waals surface area contributed by atoms with Crippen molar-refractivity contribution in [2.45, 2.75) is 19.7 Å². The van der Waals surface area contributed by atoms with Gasteiger partial charge in [-0.1, -0.05) is 6.92 Å². The minimum absolute atomic E-state index is 0.0298. The maximum absolute atomic E-state index is 9.48. The normalized spacial score (nSPS) is 31.2. The van der Waals surface area contributed by atoms with Crippen LogP contribution in [-0.2, 0) is 0 Å². The largest absolute Gasteiger partial charge is 0.512 e. The summed E-state index contributed by atoms with van der Waals surface area (Å²) in [4.78, 5) is 0. The predicted octanol–water partition coefficient (Wildman–Crippen LogP) is 1.22. The molecule has 1 rings (SSSR count). The summed E-state index contributed by atoms with van der Waals surface area (Å²) in [7, 11) is 1.76. The van der Waals surface area contributed by atoms with Gasteiger partial charge in [-0.25, -0.2) is 0 Å². The first-order valence-corrected chi connectivity index (χ1v) is 3.99. The van der Waals surface area contributed by atoms with E-state index in [4.69, 9.17) is 0 Å². The van der Waals surface area contributed by atoms with Crippen molar-refractivity contribution in [3.05, 3.63) is 22.9 Å². The minimum atomic E-state index is -0.214. The summed E-state index contributed by atoms with van der Waals surface area (Å²) in [6, 6.07) is 0. The van der Waals surface area contributed by atoms with Gasteiger partial charge in [0.25, 0.3) is 0 Å². The van der Waals surface area contributed by atoms with E-state index < -0.39 is 0 Å². The molecule has 1 aliphatic rings. The molecule has 66 valence electrons. The van der Waals surface area contributed by atoms with Crippen molar-refractivity contribution in [1.82, 2.24) is 0 Å². The number of hydrogen-bond donors (Lipinski definition) is 3. The smallest absolute Gasteiger partial charge is 0.158 e. The number of aliphatic hydroxyl groups excluding tert-OH is 3. The van der Waals surface area contributed by atoms with E-state index in [0.717, 1.165) is 0 Å². The van der Waals surface area contributed by atoms with Crippen molar-refractivity contribution in [1.29, 1.82) is 0 Å². The summed E-state index contributed by atoms with van der Waals surface area (Å²) in [5.74, 6) is -0.386. The maximum atomic E-state index is 9.48. The van der Waals surface area contributed by atoms with Crippen LogP contribution in [0.25, 0.3) is 0 Å². The van der Waals surface area contributed by atoms with Crippen molar-refractivity contribution in [2.24, 2.45) is 5.92 Å². The van der Waals surface area contributed by atoms with Gasteiger partial charge >= 0.3 is 0 Å².